The quantitative estimate of drug-likeness (QED) is 0.0514. The Bertz CT molecular complexity index is 6210. The van der Waals surface area contributed by atoms with Crippen LogP contribution in [-0.4, -0.2) is 0 Å². The molecule has 14 aromatic carbocycles. The van der Waals surface area contributed by atoms with Gasteiger partial charge in [0.25, 0.3) is 0 Å². The Morgan fingerprint density at radius 1 is 0.363 bits per heavy atom. The fraction of sp³-hybridized carbons (Fsp3) is 0.126. The molecule has 2 nitrogen and oxygen atoms in total. The molecule has 0 bridgehead atoms. The molecule has 0 saturated carbocycles. The van der Waals surface area contributed by atoms with Crippen LogP contribution in [0.2, 0.25) is 0 Å². The van der Waals surface area contributed by atoms with Crippen molar-refractivity contribution in [1.82, 2.24) is 0 Å². The maximum Gasteiger partial charge on any atom is 0.169 e. The molecule has 4 aliphatic rings. The highest BCUT2D eigenvalue weighted by atomic mass is 19.2. The van der Waals surface area contributed by atoms with Crippen LogP contribution in [-0.2, 0) is 33.5 Å². The van der Waals surface area contributed by atoms with Crippen molar-refractivity contribution in [3.8, 4) is 45.3 Å². The van der Waals surface area contributed by atoms with E-state index in [1.54, 1.807) is 42.5 Å². The van der Waals surface area contributed by atoms with Gasteiger partial charge >= 0.3 is 0 Å². The average molecular weight is 1500 g/mol. The van der Waals surface area contributed by atoms with Gasteiger partial charge in [-0.2, -0.15) is 0 Å². The third kappa shape index (κ3) is 11.7. The molecule has 4 unspecified atom stereocenters. The molecule has 0 fully saturated rings. The van der Waals surface area contributed by atoms with E-state index in [9.17, 15) is 0 Å². The zero-order valence-electron chi connectivity index (χ0n) is 62.4. The van der Waals surface area contributed by atoms with Crippen LogP contribution in [0.5, 0.6) is 23.0 Å². The lowest BCUT2D eigenvalue weighted by Gasteiger charge is -2.34. The molecule has 0 heterocycles. The van der Waals surface area contributed by atoms with Gasteiger partial charge in [0, 0.05) is 16.9 Å². The zero-order valence-corrected chi connectivity index (χ0v) is 62.4. The normalized spacial score (nSPS) is 18.0. The van der Waals surface area contributed by atoms with Crippen LogP contribution in [0.15, 0.2) is 304 Å². The summed E-state index contributed by atoms with van der Waals surface area (Å²) in [5.74, 6) is -6.61. The minimum Gasteiger partial charge on any atom is -0.457 e. The Morgan fingerprint density at radius 2 is 0.779 bits per heavy atom. The largest absolute Gasteiger partial charge is 0.457 e. The van der Waals surface area contributed by atoms with Crippen LogP contribution in [0.4, 0.5) is 35.1 Å². The molecule has 0 N–H and O–H groups in total. The van der Waals surface area contributed by atoms with Crippen molar-refractivity contribution in [3.63, 3.8) is 0 Å². The molecular weight excluding hydrogens is 1420 g/mol. The van der Waals surface area contributed by atoms with Crippen LogP contribution in [0.3, 0.4) is 0 Å². The minimum absolute atomic E-state index is 0.0168. The summed E-state index contributed by atoms with van der Waals surface area (Å²) in [6, 6.07) is 86.8. The van der Waals surface area contributed by atoms with Crippen molar-refractivity contribution in [2.45, 2.75) is 80.0 Å². The molecule has 0 saturated heterocycles. The number of fused-ring (bicyclic) bond motifs is 10. The molecule has 0 radical (unpaired) electrons. The fourth-order valence-corrected chi connectivity index (χ4v) is 19.5. The van der Waals surface area contributed by atoms with E-state index in [-0.39, 0.29) is 12.0 Å². The number of benzene rings is 14. The molecule has 18 rings (SSSR count). The highest BCUT2D eigenvalue weighted by molar-refractivity contribution is 5.95. The van der Waals surface area contributed by atoms with Crippen molar-refractivity contribution >= 4 is 23.8 Å². The van der Waals surface area contributed by atoms with E-state index in [4.69, 9.17) is 9.47 Å². The Labute approximate surface area is 652 Å². The molecule has 0 amide bonds. The first-order valence-electron chi connectivity index (χ1n) is 37.9. The van der Waals surface area contributed by atoms with Crippen molar-refractivity contribution < 1.29 is 44.6 Å². The number of ether oxygens (including phenoxy) is 2. The number of hydrogen-bond acceptors (Lipinski definition) is 2. The summed E-state index contributed by atoms with van der Waals surface area (Å²) in [4.78, 5) is 0. The molecule has 1 spiro atoms. The van der Waals surface area contributed by atoms with Gasteiger partial charge in [0.2, 0.25) is 0 Å². The fourth-order valence-electron chi connectivity index (χ4n) is 19.5. The maximum absolute atomic E-state index is 17.2. The predicted molar refractivity (Wildman–Crippen MR) is 435 cm³/mol. The van der Waals surface area contributed by atoms with Gasteiger partial charge in [-0.1, -0.05) is 241 Å². The third-order valence-corrected chi connectivity index (χ3v) is 24.3. The van der Waals surface area contributed by atoms with Gasteiger partial charge in [0.15, 0.2) is 23.3 Å². The van der Waals surface area contributed by atoms with E-state index >= 15 is 35.1 Å². The second kappa shape index (κ2) is 27.4. The van der Waals surface area contributed by atoms with Crippen molar-refractivity contribution in [2.24, 2.45) is 0 Å². The maximum atomic E-state index is 17.2. The molecule has 14 aromatic rings. The van der Waals surface area contributed by atoms with Gasteiger partial charge in [-0.25, -0.2) is 35.1 Å². The first kappa shape index (κ1) is 71.9. The Kier molecular flexibility index (Phi) is 17.4. The van der Waals surface area contributed by atoms with Crippen LogP contribution in [0.25, 0.3) is 46.1 Å². The molecule has 0 aliphatic heterocycles. The molecule has 0 aromatic heterocycles. The number of halogens is 8. The second-order valence-electron chi connectivity index (χ2n) is 31.6. The van der Waals surface area contributed by atoms with Gasteiger partial charge in [0.1, 0.15) is 46.3 Å². The van der Waals surface area contributed by atoms with E-state index in [0.29, 0.717) is 52.5 Å². The van der Waals surface area contributed by atoms with Gasteiger partial charge in [0.05, 0.1) is 16.4 Å². The standard InChI is InChI=1S/C103H74F8O2/c1-7-61-17-37-73(38-18-61)112-75-41-29-69(30-42-75)102(67-25-33-71(104)34-26-67)83-15-11-9-13-77(83)79-45-23-65(57-87(79)102)81(95-91(106)49-51-93(108)97(95)110)53-63-21-47-85-89(55-63)101(59-99(85,3)4)60-100(5,6)86-48-22-64(56-90(86)101)54-82(96-92(107)50-52-94(109)98(96)111)66-24-46-80-78-14-10-12-16-84(78)103(88(80)58-66,68-27-35-72(105)36-28-68)70-31-43-76(44-32-70)113-74-39-19-62(8-2)20-40-74/h7-53,55-58,82H,1-2,54,59-60H2,3-6H3/b81-53+. The molecule has 113 heavy (non-hydrogen) atoms. The second-order valence-corrected chi connectivity index (χ2v) is 31.6. The van der Waals surface area contributed by atoms with Gasteiger partial charge in [-0.3, -0.25) is 0 Å². The van der Waals surface area contributed by atoms with Crippen molar-refractivity contribution in [3.05, 3.63) is 462 Å². The Morgan fingerprint density at radius 3 is 1.29 bits per heavy atom. The molecule has 554 valence electrons. The van der Waals surface area contributed by atoms with E-state index in [1.165, 1.54) is 24.3 Å². The smallest absolute Gasteiger partial charge is 0.169 e. The van der Waals surface area contributed by atoms with Crippen LogP contribution in [0.1, 0.15) is 158 Å². The van der Waals surface area contributed by atoms with Crippen molar-refractivity contribution in [1.29, 1.82) is 0 Å². The first-order chi connectivity index (χ1) is 54.6. The zero-order chi connectivity index (χ0) is 78.0. The SMILES string of the molecule is C=Cc1ccc(Oc2ccc(C3(c4ccc(F)cc4)c4ccccc4-c4ccc(/C(=C\c5ccc6c(c5)C5(CC6(C)C)CC(C)(C)c6ccc(CC(c7ccc8c(c7)C(c7ccc(F)cc7)(c7ccc(Oc9ccc(C=C)cc9)cc7)c7ccccc7-8)c7c(F)ccc(F)c7F)cc65)c5c(F)ccc(F)c5F)cc43)cc2)cc1. The highest BCUT2D eigenvalue weighted by Crippen LogP contribution is 2.65. The van der Waals surface area contributed by atoms with E-state index in [2.05, 4.69) is 71.2 Å². The molecule has 4 aliphatic carbocycles. The number of rotatable bonds is 17. The number of hydrogen-bond donors (Lipinski definition) is 0. The Balaban J connectivity index is 0.770. The summed E-state index contributed by atoms with van der Waals surface area (Å²) in [6.45, 7) is 16.6. The van der Waals surface area contributed by atoms with Gasteiger partial charge in [-0.15, -0.1) is 0 Å². The summed E-state index contributed by atoms with van der Waals surface area (Å²) in [7, 11) is 0. The summed E-state index contributed by atoms with van der Waals surface area (Å²) >= 11 is 0. The predicted octanol–water partition coefficient (Wildman–Crippen LogP) is 27.0. The minimum atomic E-state index is -1.37. The monoisotopic (exact) mass is 1490 g/mol. The summed E-state index contributed by atoms with van der Waals surface area (Å²) in [5, 5.41) is 0. The summed E-state index contributed by atoms with van der Waals surface area (Å²) in [5.41, 5.74) is 13.2. The van der Waals surface area contributed by atoms with Gasteiger partial charge < -0.3 is 9.47 Å². The van der Waals surface area contributed by atoms with Crippen LogP contribution in [0, 0.1) is 46.5 Å². The lowest BCUT2D eigenvalue weighted by atomic mass is 9.67. The summed E-state index contributed by atoms with van der Waals surface area (Å²) in [6.07, 6.45) is 6.54. The lowest BCUT2D eigenvalue weighted by molar-refractivity contribution is 0.349. The highest BCUT2D eigenvalue weighted by Gasteiger charge is 2.57. The summed E-state index contributed by atoms with van der Waals surface area (Å²) < 4.78 is 144. The van der Waals surface area contributed by atoms with E-state index in [0.717, 1.165) is 130 Å². The topological polar surface area (TPSA) is 18.5 Å². The van der Waals surface area contributed by atoms with E-state index < -0.39 is 90.7 Å². The van der Waals surface area contributed by atoms with Crippen LogP contribution >= 0.6 is 0 Å². The van der Waals surface area contributed by atoms with Gasteiger partial charge in [-0.05, 0) is 267 Å². The lowest BCUT2D eigenvalue weighted by Crippen LogP contribution is -2.29. The molecule has 10 heteroatoms. The van der Waals surface area contributed by atoms with Crippen molar-refractivity contribution in [2.75, 3.05) is 0 Å². The first-order valence-corrected chi connectivity index (χ1v) is 37.9. The van der Waals surface area contributed by atoms with E-state index in [1.807, 2.05) is 188 Å². The van der Waals surface area contributed by atoms with Crippen LogP contribution < -0.4 is 9.47 Å². The average Bonchev–Trinajstić information content (AvgIpc) is 1.58. The third-order valence-electron chi connectivity index (χ3n) is 24.3. The Hall–Kier alpha value is -12.7. The molecule has 4 atom stereocenters. The molecular formula is C103H74F8O2.